The largest absolute Gasteiger partial charge is 0.371 e. The van der Waals surface area contributed by atoms with E-state index in [0.29, 0.717) is 26.3 Å². The summed E-state index contributed by atoms with van der Waals surface area (Å²) in [6.07, 6.45) is 15.3. The monoisotopic (exact) mass is 446 g/mol. The summed E-state index contributed by atoms with van der Waals surface area (Å²) in [6, 6.07) is 0. The molecule has 0 N–H and O–H groups in total. The molecule has 5 fully saturated rings. The van der Waals surface area contributed by atoms with Crippen molar-refractivity contribution in [3.05, 3.63) is 0 Å². The number of nitrogens with zero attached hydrogens (tertiary/aromatic N) is 2. The molecule has 3 saturated carbocycles. The molecule has 0 bridgehead atoms. The zero-order valence-electron chi connectivity index (χ0n) is 19.8. The van der Waals surface area contributed by atoms with Crippen molar-refractivity contribution >= 4 is 11.8 Å². The van der Waals surface area contributed by atoms with Crippen LogP contribution in [0, 0.1) is 11.8 Å². The van der Waals surface area contributed by atoms with Gasteiger partial charge >= 0.3 is 0 Å². The normalized spacial score (nSPS) is 32.8. The maximum absolute atomic E-state index is 13.5. The van der Waals surface area contributed by atoms with Gasteiger partial charge in [-0.1, -0.05) is 44.9 Å². The van der Waals surface area contributed by atoms with Crippen molar-refractivity contribution in [2.75, 3.05) is 39.4 Å². The molecule has 5 rings (SSSR count). The number of carbonyl (C=O) groups excluding carboxylic acids is 2. The first-order valence-electron chi connectivity index (χ1n) is 13.4. The molecule has 2 atom stereocenters. The topological polar surface area (TPSA) is 59.1 Å². The molecule has 180 valence electrons. The van der Waals surface area contributed by atoms with Gasteiger partial charge in [-0.2, -0.15) is 0 Å². The summed E-state index contributed by atoms with van der Waals surface area (Å²) in [5.74, 6) is 0.560. The Bertz CT molecular complexity index is 616. The summed E-state index contributed by atoms with van der Waals surface area (Å²) in [7, 11) is 0. The van der Waals surface area contributed by atoms with Crippen LogP contribution < -0.4 is 0 Å². The number of ether oxygens (including phenoxy) is 2. The van der Waals surface area contributed by atoms with Gasteiger partial charge in [0.05, 0.1) is 24.4 Å². The van der Waals surface area contributed by atoms with Crippen molar-refractivity contribution in [1.82, 2.24) is 9.80 Å². The van der Waals surface area contributed by atoms with E-state index in [4.69, 9.17) is 9.47 Å². The second kappa shape index (κ2) is 9.61. The Labute approximate surface area is 193 Å². The van der Waals surface area contributed by atoms with Crippen LogP contribution in [-0.2, 0) is 19.1 Å². The summed E-state index contributed by atoms with van der Waals surface area (Å²) in [6.45, 7) is 4.26. The third kappa shape index (κ3) is 4.72. The van der Waals surface area contributed by atoms with Gasteiger partial charge in [0.25, 0.3) is 0 Å². The molecule has 32 heavy (non-hydrogen) atoms. The van der Waals surface area contributed by atoms with E-state index >= 15 is 0 Å². The minimum absolute atomic E-state index is 0.00104. The predicted molar refractivity (Wildman–Crippen MR) is 122 cm³/mol. The molecule has 0 aromatic rings. The Hall–Kier alpha value is -1.14. The molecule has 2 aliphatic heterocycles. The highest BCUT2D eigenvalue weighted by Crippen LogP contribution is 2.38. The second-order valence-corrected chi connectivity index (χ2v) is 11.3. The van der Waals surface area contributed by atoms with E-state index in [1.807, 2.05) is 0 Å². The molecule has 5 aliphatic rings. The lowest BCUT2D eigenvalue weighted by molar-refractivity contribution is -0.165. The quantitative estimate of drug-likeness (QED) is 0.645. The molecule has 2 spiro atoms. The van der Waals surface area contributed by atoms with Gasteiger partial charge in [-0.3, -0.25) is 9.59 Å². The Morgan fingerprint density at radius 2 is 1.06 bits per heavy atom. The number of morpholine rings is 2. The van der Waals surface area contributed by atoms with E-state index in [0.717, 1.165) is 64.5 Å². The van der Waals surface area contributed by atoms with Crippen LogP contribution in [0.3, 0.4) is 0 Å². The molecule has 0 radical (unpaired) electrons. The summed E-state index contributed by atoms with van der Waals surface area (Å²) >= 11 is 0. The third-order valence-corrected chi connectivity index (χ3v) is 9.02. The Morgan fingerprint density at radius 1 is 0.625 bits per heavy atom. The zero-order chi connectivity index (χ0) is 22.0. The molecule has 6 nitrogen and oxygen atoms in total. The third-order valence-electron chi connectivity index (χ3n) is 9.02. The summed E-state index contributed by atoms with van der Waals surface area (Å²) in [4.78, 5) is 31.1. The van der Waals surface area contributed by atoms with Crippen LogP contribution in [0.2, 0.25) is 0 Å². The number of rotatable bonds is 2. The zero-order valence-corrected chi connectivity index (χ0v) is 19.8. The van der Waals surface area contributed by atoms with E-state index in [-0.39, 0.29) is 34.9 Å². The van der Waals surface area contributed by atoms with Crippen molar-refractivity contribution in [2.45, 2.75) is 101 Å². The van der Waals surface area contributed by atoms with Crippen molar-refractivity contribution in [2.24, 2.45) is 11.8 Å². The SMILES string of the molecule is O=C(C1CCCC(C(=O)N2CCOC3(CCCCC3)C2)C1)N1CCOC2(CCCCC2)C1. The van der Waals surface area contributed by atoms with Crippen LogP contribution in [0.25, 0.3) is 0 Å². The first-order valence-corrected chi connectivity index (χ1v) is 13.4. The van der Waals surface area contributed by atoms with Gasteiger partial charge in [0.2, 0.25) is 11.8 Å². The molecule has 2 unspecified atom stereocenters. The van der Waals surface area contributed by atoms with Crippen LogP contribution in [0.5, 0.6) is 0 Å². The van der Waals surface area contributed by atoms with Gasteiger partial charge < -0.3 is 19.3 Å². The van der Waals surface area contributed by atoms with E-state index in [1.165, 1.54) is 38.5 Å². The number of amides is 2. The molecule has 0 aromatic carbocycles. The van der Waals surface area contributed by atoms with Gasteiger partial charge in [0, 0.05) is 38.0 Å². The average molecular weight is 447 g/mol. The van der Waals surface area contributed by atoms with Gasteiger partial charge in [0.1, 0.15) is 0 Å². The van der Waals surface area contributed by atoms with Gasteiger partial charge in [-0.25, -0.2) is 0 Å². The molecule has 2 amide bonds. The maximum atomic E-state index is 13.5. The minimum atomic E-state index is -0.0990. The van der Waals surface area contributed by atoms with E-state index < -0.39 is 0 Å². The van der Waals surface area contributed by atoms with Crippen molar-refractivity contribution < 1.29 is 19.1 Å². The highest BCUT2D eigenvalue weighted by Gasteiger charge is 2.44. The van der Waals surface area contributed by atoms with Crippen LogP contribution in [0.15, 0.2) is 0 Å². The average Bonchev–Trinajstić information content (AvgIpc) is 2.84. The standard InChI is InChI=1S/C26H42N2O4/c29-23(27-14-16-31-25(19-27)10-3-1-4-11-25)21-8-7-9-22(18-21)24(30)28-15-17-32-26(20-28)12-5-2-6-13-26/h21-22H,1-20H2. The van der Waals surface area contributed by atoms with Gasteiger partial charge in [-0.05, 0) is 44.9 Å². The second-order valence-electron chi connectivity index (χ2n) is 11.3. The van der Waals surface area contributed by atoms with Crippen molar-refractivity contribution in [3.8, 4) is 0 Å². The van der Waals surface area contributed by atoms with Crippen LogP contribution in [0.1, 0.15) is 89.9 Å². The van der Waals surface area contributed by atoms with E-state index in [2.05, 4.69) is 9.80 Å². The first-order chi connectivity index (χ1) is 15.6. The van der Waals surface area contributed by atoms with Crippen LogP contribution >= 0.6 is 0 Å². The summed E-state index contributed by atoms with van der Waals surface area (Å²) < 4.78 is 12.4. The fourth-order valence-corrected chi connectivity index (χ4v) is 7.22. The Morgan fingerprint density at radius 3 is 1.50 bits per heavy atom. The van der Waals surface area contributed by atoms with Crippen LogP contribution in [-0.4, -0.2) is 72.2 Å². The fraction of sp³-hybridized carbons (Fsp3) is 0.923. The lowest BCUT2D eigenvalue weighted by atomic mass is 9.78. The Balaban J connectivity index is 1.19. The molecular weight excluding hydrogens is 404 g/mol. The van der Waals surface area contributed by atoms with E-state index in [9.17, 15) is 9.59 Å². The van der Waals surface area contributed by atoms with Crippen molar-refractivity contribution in [3.63, 3.8) is 0 Å². The molecule has 2 saturated heterocycles. The van der Waals surface area contributed by atoms with Gasteiger partial charge in [-0.15, -0.1) is 0 Å². The first kappa shape index (κ1) is 22.6. The number of carbonyl (C=O) groups is 2. The molecule has 0 aromatic heterocycles. The number of hydrogen-bond acceptors (Lipinski definition) is 4. The predicted octanol–water partition coefficient (Wildman–Crippen LogP) is 3.92. The smallest absolute Gasteiger partial charge is 0.225 e. The molecular formula is C26H42N2O4. The van der Waals surface area contributed by atoms with Gasteiger partial charge in [0.15, 0.2) is 0 Å². The molecule has 3 aliphatic carbocycles. The van der Waals surface area contributed by atoms with Crippen LogP contribution in [0.4, 0.5) is 0 Å². The van der Waals surface area contributed by atoms with Crippen molar-refractivity contribution in [1.29, 1.82) is 0 Å². The summed E-state index contributed by atoms with van der Waals surface area (Å²) in [5.41, 5.74) is -0.198. The molecule has 2 heterocycles. The minimum Gasteiger partial charge on any atom is -0.371 e. The highest BCUT2D eigenvalue weighted by molar-refractivity contribution is 5.83. The summed E-state index contributed by atoms with van der Waals surface area (Å²) in [5, 5.41) is 0. The fourth-order valence-electron chi connectivity index (χ4n) is 7.22. The Kier molecular flexibility index (Phi) is 6.80. The lowest BCUT2D eigenvalue weighted by Crippen LogP contribution is -2.57. The molecule has 6 heteroatoms. The maximum Gasteiger partial charge on any atom is 0.225 e. The highest BCUT2D eigenvalue weighted by atomic mass is 16.5. The number of hydrogen-bond donors (Lipinski definition) is 0. The van der Waals surface area contributed by atoms with E-state index in [1.54, 1.807) is 0 Å². The lowest BCUT2D eigenvalue weighted by Gasteiger charge is -2.47.